The van der Waals surface area contributed by atoms with E-state index in [0.717, 1.165) is 50.2 Å². The molecule has 2 N–H and O–H groups in total. The first-order chi connectivity index (χ1) is 15.6. The van der Waals surface area contributed by atoms with Crippen molar-refractivity contribution in [2.24, 2.45) is 5.92 Å². The molecule has 4 atom stereocenters. The van der Waals surface area contributed by atoms with Crippen LogP contribution in [0.5, 0.6) is 5.75 Å². The molecule has 2 aromatic carbocycles. The van der Waals surface area contributed by atoms with E-state index in [4.69, 9.17) is 16.3 Å². The molecule has 4 nitrogen and oxygen atoms in total. The van der Waals surface area contributed by atoms with Gasteiger partial charge in [-0.05, 0) is 68.5 Å². The SMILES string of the molecule is CN[C@@H]1CCCN(CC(c2ccc(OCc3ccccc3)c(Cl)c2)C2CCCCC2O)C1.Cl.Cl. The molecule has 2 fully saturated rings. The number of aliphatic hydroxyl groups is 1. The molecule has 1 heterocycles. The Kier molecular flexibility index (Phi) is 12.5. The number of benzene rings is 2. The van der Waals surface area contributed by atoms with Crippen molar-refractivity contribution in [1.82, 2.24) is 10.2 Å². The van der Waals surface area contributed by atoms with Gasteiger partial charge in [-0.15, -0.1) is 24.8 Å². The first-order valence-electron chi connectivity index (χ1n) is 12.2. The van der Waals surface area contributed by atoms with Crippen molar-refractivity contribution in [1.29, 1.82) is 0 Å². The normalized spacial score (nSPS) is 23.9. The van der Waals surface area contributed by atoms with Gasteiger partial charge in [0.2, 0.25) is 0 Å². The van der Waals surface area contributed by atoms with E-state index in [1.54, 1.807) is 0 Å². The van der Waals surface area contributed by atoms with Crippen LogP contribution in [-0.4, -0.2) is 48.8 Å². The van der Waals surface area contributed by atoms with Crippen LogP contribution in [0.1, 0.15) is 55.6 Å². The molecule has 2 aromatic rings. The maximum Gasteiger partial charge on any atom is 0.138 e. The van der Waals surface area contributed by atoms with Gasteiger partial charge in [-0.3, -0.25) is 0 Å². The van der Waals surface area contributed by atoms with E-state index in [1.807, 2.05) is 24.3 Å². The molecule has 34 heavy (non-hydrogen) atoms. The Balaban J connectivity index is 0.00000204. The van der Waals surface area contributed by atoms with Crippen LogP contribution in [0, 0.1) is 5.92 Å². The van der Waals surface area contributed by atoms with Crippen LogP contribution in [0.3, 0.4) is 0 Å². The zero-order valence-electron chi connectivity index (χ0n) is 20.0. The van der Waals surface area contributed by atoms with Crippen LogP contribution in [0.25, 0.3) is 0 Å². The summed E-state index contributed by atoms with van der Waals surface area (Å²) >= 11 is 6.69. The fraction of sp³-hybridized carbons (Fsp3) is 0.556. The summed E-state index contributed by atoms with van der Waals surface area (Å²) in [6.45, 7) is 3.68. The highest BCUT2D eigenvalue weighted by molar-refractivity contribution is 6.32. The minimum Gasteiger partial charge on any atom is -0.487 e. The molecule has 0 bridgehead atoms. The van der Waals surface area contributed by atoms with Gasteiger partial charge < -0.3 is 20.1 Å². The fourth-order valence-electron chi connectivity index (χ4n) is 5.43. The summed E-state index contributed by atoms with van der Waals surface area (Å²) in [6.07, 6.45) is 6.55. The zero-order valence-corrected chi connectivity index (χ0v) is 22.4. The molecule has 7 heteroatoms. The van der Waals surface area contributed by atoms with Crippen LogP contribution in [0.2, 0.25) is 5.02 Å². The van der Waals surface area contributed by atoms with Crippen LogP contribution >= 0.6 is 36.4 Å². The molecule has 1 saturated heterocycles. The predicted molar refractivity (Wildman–Crippen MR) is 146 cm³/mol. The van der Waals surface area contributed by atoms with E-state index in [9.17, 15) is 5.11 Å². The maximum absolute atomic E-state index is 10.9. The van der Waals surface area contributed by atoms with E-state index in [2.05, 4.69) is 41.5 Å². The van der Waals surface area contributed by atoms with Crippen LogP contribution in [-0.2, 0) is 6.61 Å². The second kappa shape index (κ2) is 14.5. The first-order valence-corrected chi connectivity index (χ1v) is 12.6. The Labute approximate surface area is 222 Å². The van der Waals surface area contributed by atoms with Crippen molar-refractivity contribution < 1.29 is 9.84 Å². The number of ether oxygens (including phenoxy) is 1. The van der Waals surface area contributed by atoms with Crippen molar-refractivity contribution in [2.75, 3.05) is 26.7 Å². The number of hydrogen-bond donors (Lipinski definition) is 2. The minimum atomic E-state index is -0.230. The standard InChI is InChI=1S/C27H37ClN2O2.2ClH/c1-29-22-10-7-15-30(17-22)18-24(23-11-5-6-12-26(23)31)21-13-14-27(25(28)16-21)32-19-20-8-3-2-4-9-20;;/h2-4,8-9,13-14,16,22-24,26,29,31H,5-7,10-12,15,17-19H2,1H3;2*1H/t22-,23?,24?,26?;;/m1../s1. The quantitative estimate of drug-likeness (QED) is 0.435. The van der Waals surface area contributed by atoms with Gasteiger partial charge in [0.15, 0.2) is 0 Å². The number of aliphatic hydroxyl groups excluding tert-OH is 1. The van der Waals surface area contributed by atoms with E-state index in [-0.39, 0.29) is 42.8 Å². The first kappa shape index (κ1) is 29.2. The summed E-state index contributed by atoms with van der Waals surface area (Å²) in [6, 6.07) is 17.0. The van der Waals surface area contributed by atoms with Gasteiger partial charge in [0.05, 0.1) is 11.1 Å². The number of halogens is 3. The molecule has 0 spiro atoms. The minimum absolute atomic E-state index is 0. The molecular weight excluding hydrogens is 491 g/mol. The Morgan fingerprint density at radius 2 is 1.82 bits per heavy atom. The molecule has 0 aromatic heterocycles. The van der Waals surface area contributed by atoms with E-state index in [1.165, 1.54) is 24.8 Å². The molecule has 0 amide bonds. The second-order valence-corrected chi connectivity index (χ2v) is 9.88. The molecule has 4 rings (SSSR count). The lowest BCUT2D eigenvalue weighted by Crippen LogP contribution is -2.47. The Hall–Kier alpha value is -1.01. The van der Waals surface area contributed by atoms with E-state index >= 15 is 0 Å². The van der Waals surface area contributed by atoms with Crippen molar-refractivity contribution in [3.05, 3.63) is 64.7 Å². The molecule has 1 aliphatic heterocycles. The van der Waals surface area contributed by atoms with E-state index in [0.29, 0.717) is 17.7 Å². The molecule has 0 radical (unpaired) electrons. The Morgan fingerprint density at radius 3 is 2.53 bits per heavy atom. The molecule has 3 unspecified atom stereocenters. The maximum atomic E-state index is 10.9. The lowest BCUT2D eigenvalue weighted by atomic mass is 9.74. The van der Waals surface area contributed by atoms with Gasteiger partial charge in [0, 0.05) is 25.0 Å². The molecule has 190 valence electrons. The molecule has 1 aliphatic carbocycles. The van der Waals surface area contributed by atoms with Crippen LogP contribution < -0.4 is 10.1 Å². The molecule has 2 aliphatic rings. The van der Waals surface area contributed by atoms with Crippen molar-refractivity contribution in [3.63, 3.8) is 0 Å². The van der Waals surface area contributed by atoms with Crippen molar-refractivity contribution in [3.8, 4) is 5.75 Å². The van der Waals surface area contributed by atoms with Gasteiger partial charge in [0.1, 0.15) is 12.4 Å². The number of likely N-dealkylation sites (N-methyl/N-ethyl adjacent to an activating group) is 1. The summed E-state index contributed by atoms with van der Waals surface area (Å²) in [5.41, 5.74) is 2.35. The van der Waals surface area contributed by atoms with Gasteiger partial charge in [-0.1, -0.05) is 60.8 Å². The monoisotopic (exact) mass is 528 g/mol. The highest BCUT2D eigenvalue weighted by atomic mass is 35.5. The third-order valence-electron chi connectivity index (χ3n) is 7.29. The summed E-state index contributed by atoms with van der Waals surface area (Å²) in [7, 11) is 2.06. The van der Waals surface area contributed by atoms with Gasteiger partial charge in [0.25, 0.3) is 0 Å². The molecule has 1 saturated carbocycles. The van der Waals surface area contributed by atoms with Gasteiger partial charge >= 0.3 is 0 Å². The average molecular weight is 530 g/mol. The molecular formula is C27H39Cl3N2O2. The van der Waals surface area contributed by atoms with Crippen LogP contribution in [0.15, 0.2) is 48.5 Å². The van der Waals surface area contributed by atoms with E-state index < -0.39 is 0 Å². The Morgan fingerprint density at radius 1 is 1.06 bits per heavy atom. The highest BCUT2D eigenvalue weighted by Crippen LogP contribution is 2.39. The lowest BCUT2D eigenvalue weighted by molar-refractivity contribution is 0.0427. The topological polar surface area (TPSA) is 44.7 Å². The highest BCUT2D eigenvalue weighted by Gasteiger charge is 2.34. The summed E-state index contributed by atoms with van der Waals surface area (Å²) in [5.74, 6) is 1.28. The average Bonchev–Trinajstić information content (AvgIpc) is 2.83. The Bertz CT molecular complexity index is 855. The predicted octanol–water partition coefficient (Wildman–Crippen LogP) is 6.08. The third-order valence-corrected chi connectivity index (χ3v) is 7.58. The number of likely N-dealkylation sites (tertiary alicyclic amines) is 1. The van der Waals surface area contributed by atoms with Gasteiger partial charge in [-0.2, -0.15) is 0 Å². The van der Waals surface area contributed by atoms with Gasteiger partial charge in [-0.25, -0.2) is 0 Å². The number of rotatable bonds is 8. The lowest BCUT2D eigenvalue weighted by Gasteiger charge is -2.40. The van der Waals surface area contributed by atoms with Crippen molar-refractivity contribution >= 4 is 36.4 Å². The smallest absolute Gasteiger partial charge is 0.138 e. The van der Waals surface area contributed by atoms with Crippen molar-refractivity contribution in [2.45, 2.75) is 63.2 Å². The third kappa shape index (κ3) is 7.74. The second-order valence-electron chi connectivity index (χ2n) is 9.47. The zero-order chi connectivity index (χ0) is 22.3. The summed E-state index contributed by atoms with van der Waals surface area (Å²) < 4.78 is 6.00. The summed E-state index contributed by atoms with van der Waals surface area (Å²) in [5, 5.41) is 15.0. The number of nitrogens with one attached hydrogen (secondary N) is 1. The van der Waals surface area contributed by atoms with Crippen LogP contribution in [0.4, 0.5) is 0 Å². The largest absolute Gasteiger partial charge is 0.487 e. The number of nitrogens with zero attached hydrogens (tertiary/aromatic N) is 1. The summed E-state index contributed by atoms with van der Waals surface area (Å²) in [4.78, 5) is 2.57. The number of hydrogen-bond acceptors (Lipinski definition) is 4. The fourth-order valence-corrected chi connectivity index (χ4v) is 5.68. The number of piperidine rings is 1.